The van der Waals surface area contributed by atoms with Crippen LogP contribution in [-0.4, -0.2) is 53.0 Å². The second-order valence-electron chi connectivity index (χ2n) is 7.25. The lowest BCUT2D eigenvalue weighted by Crippen LogP contribution is -2.44. The van der Waals surface area contributed by atoms with Crippen LogP contribution < -0.4 is 0 Å². The number of nitrogens with zero attached hydrogens (tertiary/aromatic N) is 2. The Labute approximate surface area is 139 Å². The number of carboxylic acid groups (broad SMARTS) is 1. The van der Waals surface area contributed by atoms with Crippen LogP contribution in [0, 0.1) is 17.3 Å². The standard InChI is InChI=1S/C17H22N2O3S/c20-15(12-3-1-4-12)19-8-13-7-18(9-14-5-2-6-23-14)10-17(13,11-19)16(21)22/h2,5-6,12-13H,1,3-4,7-11H2,(H,21,22)/t13-,17-/m1/s1. The van der Waals surface area contributed by atoms with Gasteiger partial charge in [0.05, 0.1) is 0 Å². The first-order valence-corrected chi connectivity index (χ1v) is 9.23. The Balaban J connectivity index is 1.47. The van der Waals surface area contributed by atoms with E-state index in [1.54, 1.807) is 11.3 Å². The molecule has 4 rings (SSSR count). The Morgan fingerprint density at radius 2 is 2.13 bits per heavy atom. The summed E-state index contributed by atoms with van der Waals surface area (Å²) in [6.07, 6.45) is 3.08. The summed E-state index contributed by atoms with van der Waals surface area (Å²) in [4.78, 5) is 29.9. The van der Waals surface area contributed by atoms with Crippen LogP contribution in [0.25, 0.3) is 0 Å². The van der Waals surface area contributed by atoms with Crippen LogP contribution in [0.3, 0.4) is 0 Å². The van der Waals surface area contributed by atoms with Crippen molar-refractivity contribution in [3.05, 3.63) is 22.4 Å². The lowest BCUT2D eigenvalue weighted by molar-refractivity contribution is -0.149. The number of carboxylic acids is 1. The average Bonchev–Trinajstić information content (AvgIpc) is 3.10. The van der Waals surface area contributed by atoms with E-state index in [2.05, 4.69) is 16.3 Å². The summed E-state index contributed by atoms with van der Waals surface area (Å²) >= 11 is 1.71. The lowest BCUT2D eigenvalue weighted by atomic mass is 9.81. The van der Waals surface area contributed by atoms with Gasteiger partial charge >= 0.3 is 5.97 Å². The third-order valence-corrected chi connectivity index (χ3v) is 6.69. The molecule has 124 valence electrons. The van der Waals surface area contributed by atoms with Crippen molar-refractivity contribution in [2.45, 2.75) is 25.8 Å². The average molecular weight is 334 g/mol. The maximum absolute atomic E-state index is 12.5. The Morgan fingerprint density at radius 1 is 1.30 bits per heavy atom. The molecular weight excluding hydrogens is 312 g/mol. The van der Waals surface area contributed by atoms with Gasteiger partial charge in [-0.15, -0.1) is 11.3 Å². The molecule has 2 aliphatic heterocycles. The van der Waals surface area contributed by atoms with Gasteiger partial charge in [0.2, 0.25) is 5.91 Å². The van der Waals surface area contributed by atoms with Crippen LogP contribution in [-0.2, 0) is 16.1 Å². The van der Waals surface area contributed by atoms with E-state index in [9.17, 15) is 14.7 Å². The van der Waals surface area contributed by atoms with Gasteiger partial charge in [-0.1, -0.05) is 12.5 Å². The van der Waals surface area contributed by atoms with Crippen LogP contribution in [0.2, 0.25) is 0 Å². The number of fused-ring (bicyclic) bond motifs is 1. The second kappa shape index (κ2) is 5.60. The lowest BCUT2D eigenvalue weighted by Gasteiger charge is -2.31. The second-order valence-corrected chi connectivity index (χ2v) is 8.29. The van der Waals surface area contributed by atoms with Gasteiger partial charge < -0.3 is 10.0 Å². The van der Waals surface area contributed by atoms with Crippen LogP contribution >= 0.6 is 11.3 Å². The smallest absolute Gasteiger partial charge is 0.313 e. The van der Waals surface area contributed by atoms with Crippen LogP contribution in [0.5, 0.6) is 0 Å². The number of carbonyl (C=O) groups is 2. The van der Waals surface area contributed by atoms with E-state index in [0.717, 1.165) is 32.4 Å². The zero-order valence-electron chi connectivity index (χ0n) is 13.1. The van der Waals surface area contributed by atoms with Crippen LogP contribution in [0.1, 0.15) is 24.1 Å². The molecule has 2 atom stereocenters. The topological polar surface area (TPSA) is 60.9 Å². The minimum atomic E-state index is -0.767. The molecule has 0 unspecified atom stereocenters. The molecule has 3 heterocycles. The van der Waals surface area contributed by atoms with Crippen molar-refractivity contribution in [1.82, 2.24) is 9.80 Å². The highest BCUT2D eigenvalue weighted by Gasteiger charge is 2.58. The molecule has 5 nitrogen and oxygen atoms in total. The van der Waals surface area contributed by atoms with Gasteiger partial charge in [0.25, 0.3) is 0 Å². The highest BCUT2D eigenvalue weighted by Crippen LogP contribution is 2.44. The van der Waals surface area contributed by atoms with Crippen molar-refractivity contribution in [3.8, 4) is 0 Å². The van der Waals surface area contributed by atoms with E-state index in [1.165, 1.54) is 4.88 Å². The number of aliphatic carboxylic acids is 1. The molecule has 23 heavy (non-hydrogen) atoms. The maximum atomic E-state index is 12.5. The minimum Gasteiger partial charge on any atom is -0.481 e. The molecule has 0 aromatic carbocycles. The monoisotopic (exact) mass is 334 g/mol. The maximum Gasteiger partial charge on any atom is 0.313 e. The quantitative estimate of drug-likeness (QED) is 0.913. The minimum absolute atomic E-state index is 0.0592. The number of thiophene rings is 1. The SMILES string of the molecule is O=C(C1CCC1)N1C[C@H]2CN(Cc3cccs3)C[C@@]2(C(=O)O)C1. The van der Waals surface area contributed by atoms with E-state index in [4.69, 9.17) is 0 Å². The molecule has 1 aliphatic carbocycles. The molecule has 0 radical (unpaired) electrons. The van der Waals surface area contributed by atoms with Crippen molar-refractivity contribution >= 4 is 23.2 Å². The number of hydrogen-bond acceptors (Lipinski definition) is 4. The fraction of sp³-hybridized carbons (Fsp3) is 0.647. The summed E-state index contributed by atoms with van der Waals surface area (Å²) < 4.78 is 0. The molecular formula is C17H22N2O3S. The van der Waals surface area contributed by atoms with E-state index in [-0.39, 0.29) is 17.7 Å². The van der Waals surface area contributed by atoms with Crippen molar-refractivity contribution in [3.63, 3.8) is 0 Å². The van der Waals surface area contributed by atoms with Gasteiger partial charge in [0.15, 0.2) is 0 Å². The predicted octanol–water partition coefficient (Wildman–Crippen LogP) is 1.89. The highest BCUT2D eigenvalue weighted by atomic mass is 32.1. The van der Waals surface area contributed by atoms with Crippen LogP contribution in [0.15, 0.2) is 17.5 Å². The molecule has 6 heteroatoms. The summed E-state index contributed by atoms with van der Waals surface area (Å²) in [5, 5.41) is 11.9. The largest absolute Gasteiger partial charge is 0.481 e. The summed E-state index contributed by atoms with van der Waals surface area (Å²) in [5.74, 6) is -0.331. The molecule has 3 aliphatic rings. The first kappa shape index (κ1) is 15.1. The number of likely N-dealkylation sites (tertiary alicyclic amines) is 2. The van der Waals surface area contributed by atoms with Gasteiger partial charge in [-0.2, -0.15) is 0 Å². The van der Waals surface area contributed by atoms with Gasteiger partial charge in [-0.05, 0) is 24.3 Å². The third kappa shape index (κ3) is 2.48. The molecule has 0 spiro atoms. The van der Waals surface area contributed by atoms with Crippen molar-refractivity contribution < 1.29 is 14.7 Å². The van der Waals surface area contributed by atoms with Gasteiger partial charge in [0, 0.05) is 49.4 Å². The first-order chi connectivity index (χ1) is 11.1. The first-order valence-electron chi connectivity index (χ1n) is 8.35. The number of carbonyl (C=O) groups excluding carboxylic acids is 1. The van der Waals surface area contributed by atoms with Gasteiger partial charge in [-0.25, -0.2) is 0 Å². The van der Waals surface area contributed by atoms with Crippen molar-refractivity contribution in [1.29, 1.82) is 0 Å². The molecule has 2 saturated heterocycles. The summed E-state index contributed by atoms with van der Waals surface area (Å²) in [5.41, 5.74) is -0.767. The fourth-order valence-electron chi connectivity index (χ4n) is 4.30. The van der Waals surface area contributed by atoms with E-state index >= 15 is 0 Å². The van der Waals surface area contributed by atoms with Gasteiger partial charge in [0.1, 0.15) is 5.41 Å². The number of amides is 1. The Bertz CT molecular complexity index is 613. The van der Waals surface area contributed by atoms with E-state index in [1.807, 2.05) is 11.0 Å². The summed E-state index contributed by atoms with van der Waals surface area (Å²) in [6, 6.07) is 4.13. The van der Waals surface area contributed by atoms with Gasteiger partial charge in [-0.3, -0.25) is 14.5 Å². The van der Waals surface area contributed by atoms with Crippen LogP contribution in [0.4, 0.5) is 0 Å². The van der Waals surface area contributed by atoms with Crippen molar-refractivity contribution in [2.75, 3.05) is 26.2 Å². The zero-order valence-corrected chi connectivity index (χ0v) is 13.9. The molecule has 1 amide bonds. The predicted molar refractivity (Wildman–Crippen MR) is 87.1 cm³/mol. The molecule has 1 aromatic rings. The summed E-state index contributed by atoms with van der Waals surface area (Å²) in [7, 11) is 0. The molecule has 1 aromatic heterocycles. The summed E-state index contributed by atoms with van der Waals surface area (Å²) in [6.45, 7) is 3.16. The molecule has 1 saturated carbocycles. The Morgan fingerprint density at radius 3 is 2.70 bits per heavy atom. The molecule has 3 fully saturated rings. The number of hydrogen-bond donors (Lipinski definition) is 1. The molecule has 1 N–H and O–H groups in total. The molecule has 0 bridgehead atoms. The highest BCUT2D eigenvalue weighted by molar-refractivity contribution is 7.09. The Kier molecular flexibility index (Phi) is 3.69. The third-order valence-electron chi connectivity index (χ3n) is 5.83. The Hall–Kier alpha value is -1.40. The fourth-order valence-corrected chi connectivity index (χ4v) is 5.04. The van der Waals surface area contributed by atoms with E-state index in [0.29, 0.717) is 19.6 Å². The normalized spacial score (nSPS) is 31.1. The number of rotatable bonds is 4. The zero-order chi connectivity index (χ0) is 16.0. The van der Waals surface area contributed by atoms with Crippen molar-refractivity contribution in [2.24, 2.45) is 17.3 Å². The van der Waals surface area contributed by atoms with E-state index < -0.39 is 11.4 Å².